The number of aryl methyl sites for hydroxylation is 2. The van der Waals surface area contributed by atoms with Crippen molar-refractivity contribution in [2.45, 2.75) is 47.1 Å². The molecule has 0 aliphatic heterocycles. The number of aliphatic hydroxyl groups is 1. The van der Waals surface area contributed by atoms with E-state index in [1.165, 1.54) is 12.8 Å². The van der Waals surface area contributed by atoms with Crippen LogP contribution in [0.2, 0.25) is 0 Å². The summed E-state index contributed by atoms with van der Waals surface area (Å²) in [5.41, 5.74) is 3.17. The van der Waals surface area contributed by atoms with Crippen molar-refractivity contribution in [1.29, 1.82) is 0 Å². The minimum Gasteiger partial charge on any atom is -0.493 e. The molecule has 0 aliphatic rings. The second-order valence-electron chi connectivity index (χ2n) is 4.92. The van der Waals surface area contributed by atoms with Gasteiger partial charge in [0.1, 0.15) is 5.75 Å². The highest BCUT2D eigenvalue weighted by molar-refractivity contribution is 5.43. The number of hydrogen-bond donors (Lipinski definition) is 1. The van der Waals surface area contributed by atoms with Gasteiger partial charge < -0.3 is 9.84 Å². The molecule has 0 aromatic heterocycles. The summed E-state index contributed by atoms with van der Waals surface area (Å²) in [6, 6.07) is 3.99. The zero-order valence-corrected chi connectivity index (χ0v) is 11.4. The average molecular weight is 236 g/mol. The second-order valence-corrected chi connectivity index (χ2v) is 4.92. The van der Waals surface area contributed by atoms with Crippen LogP contribution < -0.4 is 4.74 Å². The molecule has 1 unspecified atom stereocenters. The zero-order chi connectivity index (χ0) is 12.8. The summed E-state index contributed by atoms with van der Waals surface area (Å²) in [6.07, 6.45) is 2.40. The molecular formula is C15H24O2. The van der Waals surface area contributed by atoms with Crippen molar-refractivity contribution in [1.82, 2.24) is 0 Å². The fraction of sp³-hybridized carbons (Fsp3) is 0.600. The van der Waals surface area contributed by atoms with Gasteiger partial charge >= 0.3 is 0 Å². The summed E-state index contributed by atoms with van der Waals surface area (Å²) < 4.78 is 5.90. The minimum absolute atomic E-state index is 0.0915. The topological polar surface area (TPSA) is 29.5 Å². The van der Waals surface area contributed by atoms with E-state index < -0.39 is 0 Å². The maximum Gasteiger partial charge on any atom is 0.125 e. The largest absolute Gasteiger partial charge is 0.493 e. The Kier molecular flexibility index (Phi) is 5.49. The monoisotopic (exact) mass is 236 g/mol. The van der Waals surface area contributed by atoms with Gasteiger partial charge in [-0.25, -0.2) is 0 Å². The minimum atomic E-state index is 0.0915. The van der Waals surface area contributed by atoms with Gasteiger partial charge in [-0.15, -0.1) is 0 Å². The molecule has 0 saturated heterocycles. The highest BCUT2D eigenvalue weighted by atomic mass is 16.5. The van der Waals surface area contributed by atoms with E-state index in [0.29, 0.717) is 5.92 Å². The van der Waals surface area contributed by atoms with E-state index in [-0.39, 0.29) is 6.61 Å². The van der Waals surface area contributed by atoms with E-state index in [1.54, 1.807) is 0 Å². The van der Waals surface area contributed by atoms with Crippen LogP contribution >= 0.6 is 0 Å². The summed E-state index contributed by atoms with van der Waals surface area (Å²) in [5, 5.41) is 9.12. The third-order valence-corrected chi connectivity index (χ3v) is 3.00. The number of benzene rings is 1. The fourth-order valence-corrected chi connectivity index (χ4v) is 2.16. The number of hydrogen-bond acceptors (Lipinski definition) is 2. The molecule has 96 valence electrons. The lowest BCUT2D eigenvalue weighted by Gasteiger charge is -2.16. The van der Waals surface area contributed by atoms with Gasteiger partial charge in [0.15, 0.2) is 0 Å². The maximum absolute atomic E-state index is 9.12. The van der Waals surface area contributed by atoms with Gasteiger partial charge in [-0.1, -0.05) is 32.4 Å². The summed E-state index contributed by atoms with van der Waals surface area (Å²) in [6.45, 7) is 9.35. The summed E-state index contributed by atoms with van der Waals surface area (Å²) in [5.74, 6) is 1.57. The zero-order valence-electron chi connectivity index (χ0n) is 11.4. The van der Waals surface area contributed by atoms with Crippen LogP contribution in [0.25, 0.3) is 0 Å². The van der Waals surface area contributed by atoms with Crippen molar-refractivity contribution in [3.05, 3.63) is 28.8 Å². The van der Waals surface area contributed by atoms with Crippen molar-refractivity contribution in [3.8, 4) is 5.75 Å². The lowest BCUT2D eigenvalue weighted by Crippen LogP contribution is -2.10. The smallest absolute Gasteiger partial charge is 0.125 e. The quantitative estimate of drug-likeness (QED) is 0.817. The molecule has 1 rings (SSSR count). The Morgan fingerprint density at radius 3 is 2.29 bits per heavy atom. The van der Waals surface area contributed by atoms with E-state index >= 15 is 0 Å². The van der Waals surface area contributed by atoms with Gasteiger partial charge in [-0.05, 0) is 42.9 Å². The van der Waals surface area contributed by atoms with Crippen molar-refractivity contribution in [3.63, 3.8) is 0 Å². The molecule has 2 heteroatoms. The van der Waals surface area contributed by atoms with Gasteiger partial charge in [-0.2, -0.15) is 0 Å². The molecule has 2 nitrogen and oxygen atoms in total. The lowest BCUT2D eigenvalue weighted by atomic mass is 10.1. The summed E-state index contributed by atoms with van der Waals surface area (Å²) in [4.78, 5) is 0. The Morgan fingerprint density at radius 2 is 1.82 bits per heavy atom. The van der Waals surface area contributed by atoms with Crippen LogP contribution in [0.15, 0.2) is 12.1 Å². The Morgan fingerprint density at radius 1 is 1.24 bits per heavy atom. The van der Waals surface area contributed by atoms with Crippen molar-refractivity contribution >= 4 is 0 Å². The van der Waals surface area contributed by atoms with Crippen molar-refractivity contribution < 1.29 is 9.84 Å². The van der Waals surface area contributed by atoms with Crippen LogP contribution in [0.1, 0.15) is 43.4 Å². The van der Waals surface area contributed by atoms with Crippen LogP contribution in [0.3, 0.4) is 0 Å². The first-order valence-electron chi connectivity index (χ1n) is 6.42. The number of ether oxygens (including phenoxy) is 1. The Bertz CT molecular complexity index is 335. The lowest BCUT2D eigenvalue weighted by molar-refractivity contribution is 0.248. The Hall–Kier alpha value is -1.02. The van der Waals surface area contributed by atoms with E-state index in [1.807, 2.05) is 26.0 Å². The second kappa shape index (κ2) is 6.65. The SMILES string of the molecule is CCCC(C)COc1c(C)cc(CO)cc1C. The molecule has 0 radical (unpaired) electrons. The third kappa shape index (κ3) is 4.04. The molecule has 0 amide bonds. The molecule has 0 saturated carbocycles. The molecule has 0 bridgehead atoms. The highest BCUT2D eigenvalue weighted by Gasteiger charge is 2.08. The number of rotatable bonds is 6. The van der Waals surface area contributed by atoms with Crippen molar-refractivity contribution in [2.75, 3.05) is 6.61 Å². The number of aliphatic hydroxyl groups excluding tert-OH is 1. The van der Waals surface area contributed by atoms with Crippen LogP contribution in [-0.2, 0) is 6.61 Å². The van der Waals surface area contributed by atoms with Gasteiger partial charge in [0.05, 0.1) is 13.2 Å². The van der Waals surface area contributed by atoms with Crippen LogP contribution in [0.4, 0.5) is 0 Å². The molecule has 0 fully saturated rings. The fourth-order valence-electron chi connectivity index (χ4n) is 2.16. The molecule has 1 aromatic rings. The van der Waals surface area contributed by atoms with Gasteiger partial charge in [0, 0.05) is 0 Å². The third-order valence-electron chi connectivity index (χ3n) is 3.00. The maximum atomic E-state index is 9.12. The molecule has 1 aromatic carbocycles. The molecule has 0 aliphatic carbocycles. The van der Waals surface area contributed by atoms with E-state index in [4.69, 9.17) is 9.84 Å². The first kappa shape index (κ1) is 14.0. The Balaban J connectivity index is 2.71. The van der Waals surface area contributed by atoms with Gasteiger partial charge in [0.25, 0.3) is 0 Å². The van der Waals surface area contributed by atoms with E-state index in [2.05, 4.69) is 13.8 Å². The summed E-state index contributed by atoms with van der Waals surface area (Å²) in [7, 11) is 0. The molecule has 17 heavy (non-hydrogen) atoms. The molecule has 0 spiro atoms. The molecular weight excluding hydrogens is 212 g/mol. The Labute approximate surface area is 105 Å². The highest BCUT2D eigenvalue weighted by Crippen LogP contribution is 2.25. The predicted octanol–water partition coefficient (Wildman–Crippen LogP) is 3.61. The van der Waals surface area contributed by atoms with Crippen molar-refractivity contribution in [2.24, 2.45) is 5.92 Å². The normalized spacial score (nSPS) is 12.5. The average Bonchev–Trinajstić information content (AvgIpc) is 2.28. The first-order chi connectivity index (χ1) is 8.08. The van der Waals surface area contributed by atoms with Crippen LogP contribution in [0.5, 0.6) is 5.75 Å². The molecule has 0 heterocycles. The molecule has 1 atom stereocenters. The predicted molar refractivity (Wildman–Crippen MR) is 71.4 cm³/mol. The van der Waals surface area contributed by atoms with E-state index in [9.17, 15) is 0 Å². The van der Waals surface area contributed by atoms with Gasteiger partial charge in [-0.3, -0.25) is 0 Å². The van der Waals surface area contributed by atoms with E-state index in [0.717, 1.165) is 29.0 Å². The van der Waals surface area contributed by atoms with Crippen LogP contribution in [-0.4, -0.2) is 11.7 Å². The van der Waals surface area contributed by atoms with Crippen LogP contribution in [0, 0.1) is 19.8 Å². The molecule has 1 N–H and O–H groups in total. The first-order valence-corrected chi connectivity index (χ1v) is 6.42. The van der Waals surface area contributed by atoms with Gasteiger partial charge in [0.2, 0.25) is 0 Å². The summed E-state index contributed by atoms with van der Waals surface area (Å²) >= 11 is 0. The standard InChI is InChI=1S/C15H24O2/c1-5-6-11(2)10-17-15-12(3)7-14(9-16)8-13(15)4/h7-8,11,16H,5-6,9-10H2,1-4H3.